The zero-order valence-electron chi connectivity index (χ0n) is 15.4. The van der Waals surface area contributed by atoms with E-state index in [0.29, 0.717) is 17.9 Å². The van der Waals surface area contributed by atoms with Gasteiger partial charge in [-0.15, -0.1) is 0 Å². The van der Waals surface area contributed by atoms with E-state index in [2.05, 4.69) is 53.2 Å². The Morgan fingerprint density at radius 3 is 2.58 bits per heavy atom. The molecule has 0 N–H and O–H groups in total. The van der Waals surface area contributed by atoms with Crippen LogP contribution in [0.3, 0.4) is 0 Å². The summed E-state index contributed by atoms with van der Waals surface area (Å²) in [4.78, 5) is 5.02. The van der Waals surface area contributed by atoms with Crippen molar-refractivity contribution in [3.8, 4) is 11.8 Å². The van der Waals surface area contributed by atoms with Crippen molar-refractivity contribution >= 4 is 0 Å². The summed E-state index contributed by atoms with van der Waals surface area (Å²) in [6.07, 6.45) is 0. The molecule has 4 nitrogen and oxygen atoms in total. The molecular formula is C22H25N3O. The predicted molar refractivity (Wildman–Crippen MR) is 102 cm³/mol. The van der Waals surface area contributed by atoms with Crippen LogP contribution in [0.15, 0.2) is 48.5 Å². The van der Waals surface area contributed by atoms with E-state index < -0.39 is 0 Å². The van der Waals surface area contributed by atoms with Gasteiger partial charge in [-0.05, 0) is 48.2 Å². The van der Waals surface area contributed by atoms with Gasteiger partial charge in [-0.1, -0.05) is 30.3 Å². The van der Waals surface area contributed by atoms with Crippen molar-refractivity contribution in [1.82, 2.24) is 9.80 Å². The molecule has 2 aliphatic rings. The lowest BCUT2D eigenvalue weighted by molar-refractivity contribution is 0.224. The molecule has 0 radical (unpaired) electrons. The van der Waals surface area contributed by atoms with Crippen molar-refractivity contribution < 1.29 is 4.74 Å². The van der Waals surface area contributed by atoms with E-state index in [0.717, 1.165) is 43.1 Å². The maximum atomic E-state index is 9.34. The minimum Gasteiger partial charge on any atom is -0.497 e. The van der Waals surface area contributed by atoms with Crippen LogP contribution >= 0.6 is 0 Å². The number of rotatable bonds is 4. The molecule has 2 heterocycles. The summed E-state index contributed by atoms with van der Waals surface area (Å²) in [5.74, 6) is 2.25. The first-order valence-electron chi connectivity index (χ1n) is 9.24. The first kappa shape index (κ1) is 17.1. The average molecular weight is 347 g/mol. The van der Waals surface area contributed by atoms with Crippen LogP contribution in [0.5, 0.6) is 5.75 Å². The van der Waals surface area contributed by atoms with Gasteiger partial charge in [0.15, 0.2) is 0 Å². The number of likely N-dealkylation sites (tertiary alicyclic amines) is 2. The molecule has 0 aliphatic carbocycles. The van der Waals surface area contributed by atoms with Crippen molar-refractivity contribution in [3.05, 3.63) is 65.2 Å². The summed E-state index contributed by atoms with van der Waals surface area (Å²) in [7, 11) is 3.95. The van der Waals surface area contributed by atoms with E-state index in [1.54, 1.807) is 7.11 Å². The largest absolute Gasteiger partial charge is 0.497 e. The van der Waals surface area contributed by atoms with E-state index in [1.165, 1.54) is 5.56 Å². The zero-order chi connectivity index (χ0) is 18.1. The fraction of sp³-hybridized carbons (Fsp3) is 0.409. The topological polar surface area (TPSA) is 39.5 Å². The second-order valence-electron chi connectivity index (χ2n) is 7.54. The normalized spacial score (nSPS) is 25.8. The molecule has 4 rings (SSSR count). The standard InChI is InChI=1S/C22H25N3O/c1-24-12-19-14-25(13-18-6-4-3-5-17(18)11-23)15-21(19)22(24)16-7-9-20(26-2)10-8-16/h3-10,19,21-22H,12-15H2,1-2H3/t19-,21+,22-/m0/s1. The Hall–Kier alpha value is -2.35. The number of nitrogens with zero attached hydrogens (tertiary/aromatic N) is 3. The Labute approximate surface area is 155 Å². The highest BCUT2D eigenvalue weighted by atomic mass is 16.5. The van der Waals surface area contributed by atoms with Gasteiger partial charge in [-0.3, -0.25) is 9.80 Å². The van der Waals surface area contributed by atoms with Crippen LogP contribution < -0.4 is 4.74 Å². The first-order chi connectivity index (χ1) is 12.7. The zero-order valence-corrected chi connectivity index (χ0v) is 15.4. The van der Waals surface area contributed by atoms with E-state index in [4.69, 9.17) is 4.74 Å². The van der Waals surface area contributed by atoms with Crippen LogP contribution in [0.4, 0.5) is 0 Å². The molecule has 4 heteroatoms. The van der Waals surface area contributed by atoms with Crippen LogP contribution in [0.2, 0.25) is 0 Å². The summed E-state index contributed by atoms with van der Waals surface area (Å²) in [6.45, 7) is 4.21. The number of benzene rings is 2. The monoisotopic (exact) mass is 347 g/mol. The van der Waals surface area contributed by atoms with Crippen LogP contribution in [-0.4, -0.2) is 43.6 Å². The number of hydrogen-bond donors (Lipinski definition) is 0. The molecule has 0 amide bonds. The summed E-state index contributed by atoms with van der Waals surface area (Å²) in [6, 6.07) is 19.3. The minimum absolute atomic E-state index is 0.460. The predicted octanol–water partition coefficient (Wildman–Crippen LogP) is 3.30. The number of methoxy groups -OCH3 is 1. The molecule has 26 heavy (non-hydrogen) atoms. The molecule has 2 aromatic rings. The number of hydrogen-bond acceptors (Lipinski definition) is 4. The van der Waals surface area contributed by atoms with Crippen LogP contribution in [-0.2, 0) is 6.54 Å². The van der Waals surface area contributed by atoms with Crippen LogP contribution in [0.25, 0.3) is 0 Å². The molecule has 0 saturated carbocycles. The van der Waals surface area contributed by atoms with Gasteiger partial charge in [0.25, 0.3) is 0 Å². The third kappa shape index (κ3) is 3.09. The molecule has 2 aliphatic heterocycles. The van der Waals surface area contributed by atoms with Gasteiger partial charge in [0, 0.05) is 32.2 Å². The highest BCUT2D eigenvalue weighted by Crippen LogP contribution is 2.44. The van der Waals surface area contributed by atoms with E-state index in [9.17, 15) is 5.26 Å². The SMILES string of the molecule is COc1ccc([C@H]2[C@@H]3CN(Cc4ccccc4C#N)C[C@@H]3CN2C)cc1. The van der Waals surface area contributed by atoms with E-state index in [1.807, 2.05) is 18.2 Å². The van der Waals surface area contributed by atoms with Crippen molar-refractivity contribution in [3.63, 3.8) is 0 Å². The quantitative estimate of drug-likeness (QED) is 0.851. The third-order valence-corrected chi connectivity index (χ3v) is 5.96. The summed E-state index contributed by atoms with van der Waals surface area (Å²) in [5.41, 5.74) is 3.32. The maximum absolute atomic E-state index is 9.34. The second-order valence-corrected chi connectivity index (χ2v) is 7.54. The van der Waals surface area contributed by atoms with Gasteiger partial charge in [0.2, 0.25) is 0 Å². The fourth-order valence-electron chi connectivity index (χ4n) is 4.79. The van der Waals surface area contributed by atoms with Crippen molar-refractivity contribution in [2.24, 2.45) is 11.8 Å². The second kappa shape index (κ2) is 7.11. The smallest absolute Gasteiger partial charge is 0.118 e. The Bertz CT molecular complexity index is 811. The van der Waals surface area contributed by atoms with Crippen LogP contribution in [0.1, 0.15) is 22.7 Å². The van der Waals surface area contributed by atoms with Gasteiger partial charge in [0.1, 0.15) is 5.75 Å². The Morgan fingerprint density at radius 2 is 1.85 bits per heavy atom. The highest BCUT2D eigenvalue weighted by molar-refractivity contribution is 5.37. The van der Waals surface area contributed by atoms with E-state index >= 15 is 0 Å². The Kier molecular flexibility index (Phi) is 4.67. The fourth-order valence-corrected chi connectivity index (χ4v) is 4.79. The van der Waals surface area contributed by atoms with Crippen molar-refractivity contribution in [2.75, 3.05) is 33.8 Å². The number of fused-ring (bicyclic) bond motifs is 1. The molecule has 3 atom stereocenters. The molecular weight excluding hydrogens is 322 g/mol. The molecule has 0 bridgehead atoms. The lowest BCUT2D eigenvalue weighted by Gasteiger charge is -2.27. The molecule has 2 fully saturated rings. The Balaban J connectivity index is 1.50. The minimum atomic E-state index is 0.460. The summed E-state index contributed by atoms with van der Waals surface area (Å²) in [5, 5.41) is 9.34. The maximum Gasteiger partial charge on any atom is 0.118 e. The molecule has 2 aromatic carbocycles. The molecule has 0 spiro atoms. The molecule has 0 unspecified atom stereocenters. The summed E-state index contributed by atoms with van der Waals surface area (Å²) < 4.78 is 5.30. The lowest BCUT2D eigenvalue weighted by Crippen LogP contribution is -2.29. The number of ether oxygens (including phenoxy) is 1. The molecule has 134 valence electrons. The third-order valence-electron chi connectivity index (χ3n) is 5.96. The lowest BCUT2D eigenvalue weighted by atomic mass is 9.89. The van der Waals surface area contributed by atoms with Crippen molar-refractivity contribution in [1.29, 1.82) is 5.26 Å². The van der Waals surface area contributed by atoms with Gasteiger partial charge >= 0.3 is 0 Å². The highest BCUT2D eigenvalue weighted by Gasteiger charge is 2.45. The molecule has 2 saturated heterocycles. The van der Waals surface area contributed by atoms with Gasteiger partial charge in [0.05, 0.1) is 18.7 Å². The molecule has 0 aromatic heterocycles. The van der Waals surface area contributed by atoms with Crippen LogP contribution in [0, 0.1) is 23.2 Å². The van der Waals surface area contributed by atoms with Gasteiger partial charge in [-0.25, -0.2) is 0 Å². The van der Waals surface area contributed by atoms with Crippen molar-refractivity contribution in [2.45, 2.75) is 12.6 Å². The first-order valence-corrected chi connectivity index (χ1v) is 9.24. The number of nitriles is 1. The summed E-state index contributed by atoms with van der Waals surface area (Å²) >= 11 is 0. The Morgan fingerprint density at radius 1 is 1.08 bits per heavy atom. The van der Waals surface area contributed by atoms with Gasteiger partial charge < -0.3 is 4.74 Å². The van der Waals surface area contributed by atoms with E-state index in [-0.39, 0.29) is 0 Å². The average Bonchev–Trinajstić information content (AvgIpc) is 3.18. The van der Waals surface area contributed by atoms with Gasteiger partial charge in [-0.2, -0.15) is 5.26 Å².